The fraction of sp³-hybridized carbons (Fsp3) is 0.0667. The number of phenolic OH excluding ortho intramolecular Hbond substituents is 1. The Labute approximate surface area is 147 Å². The number of para-hydroxylation sites is 1. The first-order valence-corrected chi connectivity index (χ1v) is 7.90. The number of thiocarbonyl (C=S) groups is 1. The van der Waals surface area contributed by atoms with Gasteiger partial charge in [-0.05, 0) is 59.3 Å². The Morgan fingerprint density at radius 2 is 1.95 bits per heavy atom. The molecule has 0 atom stereocenters. The number of aromatic hydroxyl groups is 1. The molecule has 0 saturated heterocycles. The molecule has 2 aromatic rings. The Balaban J connectivity index is 2.08. The van der Waals surface area contributed by atoms with Gasteiger partial charge in [-0.15, -0.1) is 0 Å². The maximum atomic E-state index is 10.0. The number of anilines is 1. The molecule has 0 heterocycles. The van der Waals surface area contributed by atoms with Crippen LogP contribution in [0.25, 0.3) is 0 Å². The van der Waals surface area contributed by atoms with Crippen LogP contribution in [0.2, 0.25) is 5.02 Å². The van der Waals surface area contributed by atoms with Crippen molar-refractivity contribution >= 4 is 56.3 Å². The van der Waals surface area contributed by atoms with E-state index in [2.05, 4.69) is 31.8 Å². The molecule has 0 aliphatic heterocycles. The van der Waals surface area contributed by atoms with Gasteiger partial charge >= 0.3 is 0 Å². The summed E-state index contributed by atoms with van der Waals surface area (Å²) in [6.45, 7) is 1.75. The lowest BCUT2D eigenvalue weighted by atomic mass is 10.1. The molecule has 114 valence electrons. The van der Waals surface area contributed by atoms with Gasteiger partial charge in [-0.1, -0.05) is 29.8 Å². The Morgan fingerprint density at radius 3 is 2.64 bits per heavy atom. The van der Waals surface area contributed by atoms with E-state index >= 15 is 0 Å². The lowest BCUT2D eigenvalue weighted by molar-refractivity contribution is 0.470. The first kappa shape index (κ1) is 16.7. The molecule has 7 heteroatoms. The van der Waals surface area contributed by atoms with Gasteiger partial charge in [0.2, 0.25) is 0 Å². The summed E-state index contributed by atoms with van der Waals surface area (Å²) in [5.41, 5.74) is 4.67. The molecule has 4 nitrogen and oxygen atoms in total. The predicted octanol–water partition coefficient (Wildman–Crippen LogP) is 4.52. The molecular weight excluding hydrogens is 386 g/mol. The summed E-state index contributed by atoms with van der Waals surface area (Å²) in [6.07, 6.45) is 0. The van der Waals surface area contributed by atoms with Crippen molar-refractivity contribution < 1.29 is 5.11 Å². The van der Waals surface area contributed by atoms with Crippen molar-refractivity contribution in [1.29, 1.82) is 0 Å². The molecule has 0 radical (unpaired) electrons. The van der Waals surface area contributed by atoms with E-state index in [9.17, 15) is 5.11 Å². The highest BCUT2D eigenvalue weighted by molar-refractivity contribution is 9.10. The minimum atomic E-state index is 0.0781. The summed E-state index contributed by atoms with van der Waals surface area (Å²) in [5.74, 6) is 0.0781. The largest absolute Gasteiger partial charge is 0.506 e. The van der Waals surface area contributed by atoms with Crippen LogP contribution in [0, 0.1) is 0 Å². The zero-order chi connectivity index (χ0) is 16.1. The maximum absolute atomic E-state index is 10.0. The van der Waals surface area contributed by atoms with Crippen molar-refractivity contribution in [3.63, 3.8) is 0 Å². The second kappa shape index (κ2) is 7.58. The molecule has 0 saturated carbocycles. The number of rotatable bonds is 3. The SMILES string of the molecule is C/C(=N\NC(=S)Nc1ccccc1)c1cc(Cl)cc(Br)c1O. The number of nitrogens with zero attached hydrogens (tertiary/aromatic N) is 1. The van der Waals surface area contributed by atoms with E-state index in [1.165, 1.54) is 0 Å². The van der Waals surface area contributed by atoms with Crippen LogP contribution in [-0.4, -0.2) is 15.9 Å². The van der Waals surface area contributed by atoms with E-state index in [1.54, 1.807) is 19.1 Å². The minimum absolute atomic E-state index is 0.0781. The smallest absolute Gasteiger partial charge is 0.191 e. The van der Waals surface area contributed by atoms with Crippen LogP contribution >= 0.6 is 39.7 Å². The van der Waals surface area contributed by atoms with Crippen LogP contribution in [0.15, 0.2) is 52.0 Å². The highest BCUT2D eigenvalue weighted by Crippen LogP contribution is 2.31. The van der Waals surface area contributed by atoms with Crippen LogP contribution in [0.3, 0.4) is 0 Å². The molecule has 0 amide bonds. The molecule has 0 aliphatic rings. The van der Waals surface area contributed by atoms with Crippen LogP contribution < -0.4 is 10.7 Å². The molecule has 0 unspecified atom stereocenters. The lowest BCUT2D eigenvalue weighted by Crippen LogP contribution is -2.24. The van der Waals surface area contributed by atoms with Crippen molar-refractivity contribution in [1.82, 2.24) is 5.43 Å². The molecule has 2 rings (SSSR count). The summed E-state index contributed by atoms with van der Waals surface area (Å²) >= 11 is 14.4. The molecule has 2 aromatic carbocycles. The third kappa shape index (κ3) is 4.43. The third-order valence-corrected chi connectivity index (χ3v) is 3.79. The van der Waals surface area contributed by atoms with E-state index in [-0.39, 0.29) is 5.75 Å². The minimum Gasteiger partial charge on any atom is -0.506 e. The van der Waals surface area contributed by atoms with Crippen LogP contribution in [0.4, 0.5) is 5.69 Å². The van der Waals surface area contributed by atoms with Gasteiger partial charge in [-0.2, -0.15) is 5.10 Å². The van der Waals surface area contributed by atoms with Crippen molar-refractivity contribution in [2.75, 3.05) is 5.32 Å². The average Bonchev–Trinajstić information content (AvgIpc) is 2.49. The van der Waals surface area contributed by atoms with Gasteiger partial charge in [0.25, 0.3) is 0 Å². The van der Waals surface area contributed by atoms with Crippen LogP contribution in [0.5, 0.6) is 5.75 Å². The number of nitrogens with one attached hydrogen (secondary N) is 2. The summed E-state index contributed by atoms with van der Waals surface area (Å²) in [7, 11) is 0. The maximum Gasteiger partial charge on any atom is 0.191 e. The topological polar surface area (TPSA) is 56.7 Å². The van der Waals surface area contributed by atoms with E-state index in [0.29, 0.717) is 25.9 Å². The highest BCUT2D eigenvalue weighted by atomic mass is 79.9. The van der Waals surface area contributed by atoms with Crippen molar-refractivity contribution in [3.8, 4) is 5.75 Å². The standard InChI is InChI=1S/C15H13BrClN3OS/c1-9(12-7-10(17)8-13(16)14(12)21)19-20-15(22)18-11-5-3-2-4-6-11/h2-8,21H,1H3,(H2,18,20,22)/b19-9+. The van der Waals surface area contributed by atoms with E-state index < -0.39 is 0 Å². The number of benzene rings is 2. The van der Waals surface area contributed by atoms with Crippen molar-refractivity contribution in [2.24, 2.45) is 5.10 Å². The molecule has 0 aliphatic carbocycles. The molecule has 0 aromatic heterocycles. The van der Waals surface area contributed by atoms with Crippen LogP contribution in [0.1, 0.15) is 12.5 Å². The second-order valence-corrected chi connectivity index (χ2v) is 6.11. The van der Waals surface area contributed by atoms with E-state index in [1.807, 2.05) is 30.3 Å². The van der Waals surface area contributed by atoms with Crippen LogP contribution in [-0.2, 0) is 0 Å². The number of hydrogen-bond donors (Lipinski definition) is 3. The first-order valence-electron chi connectivity index (χ1n) is 6.32. The van der Waals surface area contributed by atoms with Gasteiger partial charge in [-0.25, -0.2) is 0 Å². The zero-order valence-corrected chi connectivity index (χ0v) is 14.8. The van der Waals surface area contributed by atoms with Gasteiger partial charge in [0.1, 0.15) is 5.75 Å². The average molecular weight is 399 g/mol. The van der Waals surface area contributed by atoms with E-state index in [4.69, 9.17) is 23.8 Å². The Hall–Kier alpha value is -1.63. The van der Waals surface area contributed by atoms with Gasteiger partial charge in [0.05, 0.1) is 10.2 Å². The van der Waals surface area contributed by atoms with Gasteiger partial charge in [0, 0.05) is 16.3 Å². The Bertz CT molecular complexity index is 722. The summed E-state index contributed by atoms with van der Waals surface area (Å²) in [5, 5.41) is 18.0. The number of phenols is 1. The third-order valence-electron chi connectivity index (χ3n) is 2.77. The molecule has 0 spiro atoms. The molecule has 22 heavy (non-hydrogen) atoms. The predicted molar refractivity (Wildman–Crippen MR) is 98.8 cm³/mol. The van der Waals surface area contributed by atoms with Gasteiger partial charge in [-0.3, -0.25) is 5.43 Å². The summed E-state index contributed by atoms with van der Waals surface area (Å²) in [6, 6.07) is 12.8. The van der Waals surface area contributed by atoms with E-state index in [0.717, 1.165) is 5.69 Å². The van der Waals surface area contributed by atoms with Gasteiger partial charge in [0.15, 0.2) is 5.11 Å². The number of hydrazone groups is 1. The zero-order valence-electron chi connectivity index (χ0n) is 11.6. The molecule has 3 N–H and O–H groups in total. The normalized spacial score (nSPS) is 11.1. The summed E-state index contributed by atoms with van der Waals surface area (Å²) in [4.78, 5) is 0. The fourth-order valence-electron chi connectivity index (χ4n) is 1.72. The first-order chi connectivity index (χ1) is 10.5. The summed E-state index contributed by atoms with van der Waals surface area (Å²) < 4.78 is 0.509. The monoisotopic (exact) mass is 397 g/mol. The molecular formula is C15H13BrClN3OS. The lowest BCUT2D eigenvalue weighted by Gasteiger charge is -2.09. The van der Waals surface area contributed by atoms with Gasteiger partial charge < -0.3 is 10.4 Å². The Kier molecular flexibility index (Phi) is 5.76. The quantitative estimate of drug-likeness (QED) is 0.404. The number of hydrogen-bond acceptors (Lipinski definition) is 3. The fourth-order valence-corrected chi connectivity index (χ4v) is 2.69. The molecule has 0 bridgehead atoms. The number of halogens is 2. The van der Waals surface area contributed by atoms with Crippen molar-refractivity contribution in [2.45, 2.75) is 6.92 Å². The van der Waals surface area contributed by atoms with Crippen molar-refractivity contribution in [3.05, 3.63) is 57.5 Å². The second-order valence-electron chi connectivity index (χ2n) is 4.41. The Morgan fingerprint density at radius 1 is 1.27 bits per heavy atom. The molecule has 0 fully saturated rings. The highest BCUT2D eigenvalue weighted by Gasteiger charge is 2.10.